The predicted molar refractivity (Wildman–Crippen MR) is 118 cm³/mol. The molecule has 7 nitrogen and oxygen atoms in total. The van der Waals surface area contributed by atoms with E-state index in [2.05, 4.69) is 32.1 Å². The molecule has 1 aliphatic rings. The van der Waals surface area contributed by atoms with Crippen LogP contribution in [0, 0.1) is 0 Å². The van der Waals surface area contributed by atoms with Gasteiger partial charge in [-0.15, -0.1) is 24.0 Å². The van der Waals surface area contributed by atoms with E-state index in [0.717, 1.165) is 64.1 Å². The first kappa shape index (κ1) is 22.8. The number of phenolic OH excluding ortho intramolecular Hbond substituents is 1. The second-order valence-corrected chi connectivity index (χ2v) is 6.23. The molecular weight excluding hydrogens is 445 g/mol. The number of rotatable bonds is 7. The minimum Gasteiger partial charge on any atom is -0.506 e. The van der Waals surface area contributed by atoms with E-state index in [1.54, 1.807) is 13.2 Å². The third-order valence-corrected chi connectivity index (χ3v) is 4.47. The van der Waals surface area contributed by atoms with Crippen molar-refractivity contribution in [1.29, 1.82) is 0 Å². The monoisotopic (exact) mass is 477 g/mol. The summed E-state index contributed by atoms with van der Waals surface area (Å²) in [5, 5.41) is 13.4. The van der Waals surface area contributed by atoms with Crippen molar-refractivity contribution < 1.29 is 9.84 Å². The highest BCUT2D eigenvalue weighted by Gasteiger charge is 2.21. The summed E-state index contributed by atoms with van der Waals surface area (Å²) in [6, 6.07) is 7.52. The Labute approximate surface area is 174 Å². The molecule has 1 aromatic carbocycles. The normalized spacial score (nSPS) is 15.2. The highest BCUT2D eigenvalue weighted by Crippen LogP contribution is 2.27. The summed E-state index contributed by atoms with van der Waals surface area (Å²) in [6.45, 7) is 6.97. The molecule has 0 radical (unpaired) electrons. The van der Waals surface area contributed by atoms with Gasteiger partial charge in [-0.25, -0.2) is 0 Å². The molecule has 1 aromatic rings. The average Bonchev–Trinajstić information content (AvgIpc) is 2.64. The number of hydrogen-bond acceptors (Lipinski definition) is 5. The van der Waals surface area contributed by atoms with Crippen molar-refractivity contribution in [2.24, 2.45) is 4.99 Å². The molecule has 1 fully saturated rings. The maximum Gasteiger partial charge on any atom is 0.193 e. The maximum atomic E-state index is 10.0. The van der Waals surface area contributed by atoms with Crippen molar-refractivity contribution in [1.82, 2.24) is 15.1 Å². The van der Waals surface area contributed by atoms with E-state index in [4.69, 9.17) is 4.74 Å². The molecular formula is C18H32IN5O2. The zero-order valence-corrected chi connectivity index (χ0v) is 18.3. The third kappa shape index (κ3) is 6.81. The van der Waals surface area contributed by atoms with Crippen LogP contribution >= 0.6 is 24.0 Å². The van der Waals surface area contributed by atoms with Gasteiger partial charge in [-0.2, -0.15) is 0 Å². The van der Waals surface area contributed by atoms with Gasteiger partial charge in [0.25, 0.3) is 0 Å². The molecule has 2 N–H and O–H groups in total. The predicted octanol–water partition coefficient (Wildman–Crippen LogP) is 1.29. The number of ether oxygens (including phenoxy) is 1. The number of aromatic hydroxyl groups is 1. The number of piperazine rings is 1. The smallest absolute Gasteiger partial charge is 0.193 e. The SMILES string of the molecule is CN=C(NCCN(C)CCOC)N1CCN(c2ccccc2O)CC1.I. The van der Waals surface area contributed by atoms with Crippen molar-refractivity contribution in [3.63, 3.8) is 0 Å². The first-order valence-electron chi connectivity index (χ1n) is 8.81. The minimum atomic E-state index is 0. The van der Waals surface area contributed by atoms with Crippen LogP contribution in [-0.2, 0) is 4.74 Å². The van der Waals surface area contributed by atoms with Gasteiger partial charge >= 0.3 is 0 Å². The van der Waals surface area contributed by atoms with Gasteiger partial charge in [-0.1, -0.05) is 12.1 Å². The lowest BCUT2D eigenvalue weighted by molar-refractivity contribution is 0.162. The van der Waals surface area contributed by atoms with Crippen LogP contribution in [0.1, 0.15) is 0 Å². The summed E-state index contributed by atoms with van der Waals surface area (Å²) < 4.78 is 5.09. The molecule has 0 bridgehead atoms. The Morgan fingerprint density at radius 3 is 2.54 bits per heavy atom. The van der Waals surface area contributed by atoms with Gasteiger partial charge in [0, 0.05) is 60.0 Å². The van der Waals surface area contributed by atoms with Crippen LogP contribution in [0.25, 0.3) is 0 Å². The summed E-state index contributed by atoms with van der Waals surface area (Å²) >= 11 is 0. The minimum absolute atomic E-state index is 0. The highest BCUT2D eigenvalue weighted by molar-refractivity contribution is 14.0. The molecule has 1 saturated heterocycles. The van der Waals surface area contributed by atoms with E-state index < -0.39 is 0 Å². The van der Waals surface area contributed by atoms with Crippen LogP contribution in [-0.4, -0.2) is 94.5 Å². The molecule has 148 valence electrons. The Morgan fingerprint density at radius 1 is 1.23 bits per heavy atom. The van der Waals surface area contributed by atoms with E-state index >= 15 is 0 Å². The topological polar surface area (TPSA) is 63.6 Å². The van der Waals surface area contributed by atoms with Crippen LogP contribution < -0.4 is 10.2 Å². The number of para-hydroxylation sites is 2. The van der Waals surface area contributed by atoms with Crippen molar-refractivity contribution in [3.8, 4) is 5.75 Å². The van der Waals surface area contributed by atoms with Crippen molar-refractivity contribution in [2.75, 3.05) is 78.5 Å². The Balaban J connectivity index is 0.00000338. The van der Waals surface area contributed by atoms with Crippen LogP contribution in [0.5, 0.6) is 5.75 Å². The fourth-order valence-electron chi connectivity index (χ4n) is 2.94. The Hall–Kier alpha value is -1.26. The number of nitrogens with zero attached hydrogens (tertiary/aromatic N) is 4. The van der Waals surface area contributed by atoms with Gasteiger partial charge in [0.2, 0.25) is 0 Å². The number of phenols is 1. The molecule has 8 heteroatoms. The molecule has 0 atom stereocenters. The summed E-state index contributed by atoms with van der Waals surface area (Å²) in [5.41, 5.74) is 0.907. The van der Waals surface area contributed by atoms with Crippen LogP contribution in [0.4, 0.5) is 5.69 Å². The molecule has 26 heavy (non-hydrogen) atoms. The third-order valence-electron chi connectivity index (χ3n) is 4.47. The van der Waals surface area contributed by atoms with Gasteiger partial charge in [-0.05, 0) is 19.2 Å². The molecule has 0 aliphatic carbocycles. The number of aliphatic imine (C=N–C) groups is 1. The molecule has 2 rings (SSSR count). The maximum absolute atomic E-state index is 10.0. The van der Waals surface area contributed by atoms with Crippen LogP contribution in [0.3, 0.4) is 0 Å². The molecule has 1 heterocycles. The van der Waals surface area contributed by atoms with Gasteiger partial charge < -0.3 is 29.9 Å². The molecule has 0 spiro atoms. The number of anilines is 1. The Kier molecular flexibility index (Phi) is 10.7. The standard InChI is InChI=1S/C18H31N5O2.HI/c1-19-18(20-8-9-21(2)14-15-25-3)23-12-10-22(11-13-23)16-6-4-5-7-17(16)24;/h4-7,24H,8-15H2,1-3H3,(H,19,20);1H. The van der Waals surface area contributed by atoms with E-state index in [1.165, 1.54) is 0 Å². The molecule has 0 amide bonds. The lowest BCUT2D eigenvalue weighted by atomic mass is 10.2. The lowest BCUT2D eigenvalue weighted by Crippen LogP contribution is -2.53. The number of methoxy groups -OCH3 is 1. The van der Waals surface area contributed by atoms with E-state index in [9.17, 15) is 5.11 Å². The summed E-state index contributed by atoms with van der Waals surface area (Å²) in [6.07, 6.45) is 0. The second-order valence-electron chi connectivity index (χ2n) is 6.23. The number of guanidine groups is 1. The number of halogens is 1. The summed E-state index contributed by atoms with van der Waals surface area (Å²) in [4.78, 5) is 11.1. The number of nitrogens with one attached hydrogen (secondary N) is 1. The van der Waals surface area contributed by atoms with Crippen molar-refractivity contribution >= 4 is 35.6 Å². The molecule has 0 unspecified atom stereocenters. The highest BCUT2D eigenvalue weighted by atomic mass is 127. The quantitative estimate of drug-likeness (QED) is 0.351. The van der Waals surface area contributed by atoms with Crippen LogP contribution in [0.2, 0.25) is 0 Å². The van der Waals surface area contributed by atoms with Gasteiger partial charge in [0.05, 0.1) is 12.3 Å². The second kappa shape index (κ2) is 12.2. The molecule has 1 aliphatic heterocycles. The lowest BCUT2D eigenvalue weighted by Gasteiger charge is -2.38. The Morgan fingerprint density at radius 2 is 1.92 bits per heavy atom. The number of hydrogen-bond donors (Lipinski definition) is 2. The fourth-order valence-corrected chi connectivity index (χ4v) is 2.94. The van der Waals surface area contributed by atoms with Gasteiger partial charge in [0.1, 0.15) is 5.75 Å². The number of likely N-dealkylation sites (N-methyl/N-ethyl adjacent to an activating group) is 1. The summed E-state index contributed by atoms with van der Waals surface area (Å²) in [5.74, 6) is 1.29. The summed E-state index contributed by atoms with van der Waals surface area (Å²) in [7, 11) is 5.64. The van der Waals surface area contributed by atoms with Gasteiger partial charge in [-0.3, -0.25) is 4.99 Å². The largest absolute Gasteiger partial charge is 0.506 e. The number of benzene rings is 1. The van der Waals surface area contributed by atoms with Crippen molar-refractivity contribution in [2.45, 2.75) is 0 Å². The van der Waals surface area contributed by atoms with Crippen LogP contribution in [0.15, 0.2) is 29.3 Å². The zero-order chi connectivity index (χ0) is 18.1. The average molecular weight is 477 g/mol. The zero-order valence-electron chi connectivity index (χ0n) is 16.0. The first-order chi connectivity index (χ1) is 12.2. The molecule has 0 aromatic heterocycles. The van der Waals surface area contributed by atoms with E-state index in [-0.39, 0.29) is 24.0 Å². The van der Waals surface area contributed by atoms with Crippen molar-refractivity contribution in [3.05, 3.63) is 24.3 Å². The van der Waals surface area contributed by atoms with E-state index in [1.807, 2.05) is 25.2 Å². The van der Waals surface area contributed by atoms with E-state index in [0.29, 0.717) is 5.75 Å². The van der Waals surface area contributed by atoms with Gasteiger partial charge in [0.15, 0.2) is 5.96 Å². The Bertz CT molecular complexity index is 550. The fraction of sp³-hybridized carbons (Fsp3) is 0.611. The molecule has 0 saturated carbocycles. The first-order valence-corrected chi connectivity index (χ1v) is 8.81.